The van der Waals surface area contributed by atoms with Gasteiger partial charge in [0.2, 0.25) is 0 Å². The molecule has 1 aromatic rings. The number of pyridine rings is 1. The molecule has 0 saturated carbocycles. The number of nitrogens with zero attached hydrogens (tertiary/aromatic N) is 2. The Morgan fingerprint density at radius 2 is 2.38 bits per heavy atom. The fourth-order valence-electron chi connectivity index (χ4n) is 1.01. The molecular formula is C10H12ClN3O2. The largest absolute Gasteiger partial charge is 0.365 e. The van der Waals surface area contributed by atoms with Gasteiger partial charge in [-0.15, -0.1) is 0 Å². The quantitative estimate of drug-likeness (QED) is 0.500. The van der Waals surface area contributed by atoms with Crippen LogP contribution >= 0.6 is 11.6 Å². The number of aromatic nitrogens is 1. The van der Waals surface area contributed by atoms with E-state index in [1.165, 1.54) is 17.8 Å². The number of nitrogens with one attached hydrogen (secondary N) is 1. The molecule has 0 amide bonds. The molecular weight excluding hydrogens is 230 g/mol. The third kappa shape index (κ3) is 3.51. The molecule has 0 bridgehead atoms. The lowest BCUT2D eigenvalue weighted by Crippen LogP contribution is -2.02. The van der Waals surface area contributed by atoms with Gasteiger partial charge in [0.15, 0.2) is 0 Å². The molecule has 5 nitrogen and oxygen atoms in total. The summed E-state index contributed by atoms with van der Waals surface area (Å²) in [6.45, 7) is 4.55. The van der Waals surface area contributed by atoms with Gasteiger partial charge in [-0.05, 0) is 13.8 Å². The predicted molar refractivity (Wildman–Crippen MR) is 63.8 cm³/mol. The van der Waals surface area contributed by atoms with Gasteiger partial charge in [0.1, 0.15) is 12.0 Å². The van der Waals surface area contributed by atoms with E-state index in [9.17, 15) is 10.1 Å². The number of nitro groups is 1. The van der Waals surface area contributed by atoms with Gasteiger partial charge in [0.25, 0.3) is 5.69 Å². The molecule has 0 spiro atoms. The molecule has 6 heteroatoms. The Bertz CT molecular complexity index is 428. The first kappa shape index (κ1) is 12.4. The van der Waals surface area contributed by atoms with E-state index < -0.39 is 4.92 Å². The van der Waals surface area contributed by atoms with Gasteiger partial charge < -0.3 is 5.32 Å². The lowest BCUT2D eigenvalue weighted by atomic mass is 10.3. The van der Waals surface area contributed by atoms with Gasteiger partial charge in [0.05, 0.1) is 9.95 Å². The highest BCUT2D eigenvalue weighted by Gasteiger charge is 2.09. The Morgan fingerprint density at radius 3 is 2.88 bits per heavy atom. The summed E-state index contributed by atoms with van der Waals surface area (Å²) < 4.78 is 0. The highest BCUT2D eigenvalue weighted by atomic mass is 35.5. The first-order valence-electron chi connectivity index (χ1n) is 4.68. The number of rotatable bonds is 4. The molecule has 0 atom stereocenters. The average molecular weight is 242 g/mol. The Kier molecular flexibility index (Phi) is 4.25. The second-order valence-electron chi connectivity index (χ2n) is 3.44. The maximum absolute atomic E-state index is 10.4. The number of hydrogen-bond acceptors (Lipinski definition) is 4. The van der Waals surface area contributed by atoms with Crippen molar-refractivity contribution in [3.8, 4) is 0 Å². The molecule has 1 N–H and O–H groups in total. The van der Waals surface area contributed by atoms with E-state index >= 15 is 0 Å². The summed E-state index contributed by atoms with van der Waals surface area (Å²) in [4.78, 5) is 13.8. The molecule has 0 aliphatic carbocycles. The Morgan fingerprint density at radius 1 is 1.69 bits per heavy atom. The summed E-state index contributed by atoms with van der Waals surface area (Å²) in [5.41, 5.74) is 1.06. The standard InChI is InChI=1S/C10H12ClN3O2/c1-7(2)3-4-12-10-9(11)5-8(6-13-10)14(15)16/h3,5-6H,4H2,1-2H3,(H,12,13). The molecule has 0 saturated heterocycles. The normalized spacial score (nSPS) is 9.69. The molecule has 0 aromatic carbocycles. The third-order valence-electron chi connectivity index (χ3n) is 1.82. The molecule has 0 aliphatic heterocycles. The van der Waals surface area contributed by atoms with Crippen molar-refractivity contribution in [3.05, 3.63) is 39.0 Å². The van der Waals surface area contributed by atoms with E-state index in [0.29, 0.717) is 12.4 Å². The number of anilines is 1. The highest BCUT2D eigenvalue weighted by Crippen LogP contribution is 2.23. The monoisotopic (exact) mass is 241 g/mol. The van der Waals surface area contributed by atoms with Crippen LogP contribution in [-0.2, 0) is 0 Å². The number of hydrogen-bond donors (Lipinski definition) is 1. The van der Waals surface area contributed by atoms with Crippen LogP contribution in [0.4, 0.5) is 11.5 Å². The second-order valence-corrected chi connectivity index (χ2v) is 3.85. The van der Waals surface area contributed by atoms with Crippen LogP contribution in [0.2, 0.25) is 5.02 Å². The third-order valence-corrected chi connectivity index (χ3v) is 2.11. The van der Waals surface area contributed by atoms with E-state index in [2.05, 4.69) is 10.3 Å². The summed E-state index contributed by atoms with van der Waals surface area (Å²) in [5.74, 6) is 0.449. The lowest BCUT2D eigenvalue weighted by molar-refractivity contribution is -0.385. The zero-order chi connectivity index (χ0) is 12.1. The van der Waals surface area contributed by atoms with Crippen LogP contribution < -0.4 is 5.32 Å². The van der Waals surface area contributed by atoms with E-state index in [1.54, 1.807) is 0 Å². The SMILES string of the molecule is CC(C)=CCNc1ncc([N+](=O)[O-])cc1Cl. The molecule has 16 heavy (non-hydrogen) atoms. The van der Waals surface area contributed by atoms with Crippen LogP contribution in [0, 0.1) is 10.1 Å². The van der Waals surface area contributed by atoms with Gasteiger partial charge in [-0.25, -0.2) is 4.98 Å². The van der Waals surface area contributed by atoms with Crippen molar-refractivity contribution in [1.29, 1.82) is 0 Å². The van der Waals surface area contributed by atoms with Crippen LogP contribution in [0.5, 0.6) is 0 Å². The summed E-state index contributed by atoms with van der Waals surface area (Å²) in [7, 11) is 0. The minimum absolute atomic E-state index is 0.113. The molecule has 1 heterocycles. The Labute approximate surface area is 98.3 Å². The molecule has 1 aromatic heterocycles. The van der Waals surface area contributed by atoms with Gasteiger partial charge in [-0.1, -0.05) is 23.3 Å². The van der Waals surface area contributed by atoms with Crippen molar-refractivity contribution in [3.63, 3.8) is 0 Å². The van der Waals surface area contributed by atoms with Crippen molar-refractivity contribution in [2.24, 2.45) is 0 Å². The molecule has 1 rings (SSSR count). The maximum Gasteiger partial charge on any atom is 0.289 e. The fraction of sp³-hybridized carbons (Fsp3) is 0.300. The lowest BCUT2D eigenvalue weighted by Gasteiger charge is -2.04. The zero-order valence-electron chi connectivity index (χ0n) is 9.03. The van der Waals surface area contributed by atoms with Crippen molar-refractivity contribution < 1.29 is 4.92 Å². The van der Waals surface area contributed by atoms with E-state index in [1.807, 2.05) is 19.9 Å². The summed E-state index contributed by atoms with van der Waals surface area (Å²) in [6, 6.07) is 1.28. The predicted octanol–water partition coefficient (Wildman–Crippen LogP) is 3.02. The van der Waals surface area contributed by atoms with Crippen molar-refractivity contribution in [2.75, 3.05) is 11.9 Å². The molecule has 0 unspecified atom stereocenters. The van der Waals surface area contributed by atoms with Gasteiger partial charge in [-0.2, -0.15) is 0 Å². The summed E-state index contributed by atoms with van der Waals surface area (Å²) in [5, 5.41) is 13.7. The van der Waals surface area contributed by atoms with Crippen molar-refractivity contribution >= 4 is 23.1 Å². The van der Waals surface area contributed by atoms with Crippen LogP contribution in [-0.4, -0.2) is 16.5 Å². The van der Waals surface area contributed by atoms with E-state index in [0.717, 1.165) is 0 Å². The van der Waals surface area contributed by atoms with E-state index in [-0.39, 0.29) is 10.7 Å². The average Bonchev–Trinajstić information content (AvgIpc) is 2.19. The Balaban J connectivity index is 2.75. The Hall–Kier alpha value is -1.62. The first-order valence-corrected chi connectivity index (χ1v) is 5.05. The number of halogens is 1. The van der Waals surface area contributed by atoms with Crippen molar-refractivity contribution in [2.45, 2.75) is 13.8 Å². The first-order chi connectivity index (χ1) is 7.50. The van der Waals surface area contributed by atoms with Crippen LogP contribution in [0.25, 0.3) is 0 Å². The van der Waals surface area contributed by atoms with Crippen molar-refractivity contribution in [1.82, 2.24) is 4.98 Å². The second kappa shape index (κ2) is 5.46. The number of allylic oxidation sites excluding steroid dienone is 1. The topological polar surface area (TPSA) is 68.1 Å². The highest BCUT2D eigenvalue weighted by molar-refractivity contribution is 6.33. The molecule has 0 radical (unpaired) electrons. The van der Waals surface area contributed by atoms with Crippen LogP contribution in [0.3, 0.4) is 0 Å². The summed E-state index contributed by atoms with van der Waals surface area (Å²) >= 11 is 5.84. The van der Waals surface area contributed by atoms with E-state index in [4.69, 9.17) is 11.6 Å². The van der Waals surface area contributed by atoms with Crippen LogP contribution in [0.1, 0.15) is 13.8 Å². The minimum atomic E-state index is -0.529. The molecule has 86 valence electrons. The smallest absolute Gasteiger partial charge is 0.289 e. The maximum atomic E-state index is 10.4. The van der Waals surface area contributed by atoms with Gasteiger partial charge in [0, 0.05) is 12.6 Å². The van der Waals surface area contributed by atoms with Crippen LogP contribution in [0.15, 0.2) is 23.9 Å². The minimum Gasteiger partial charge on any atom is -0.365 e. The van der Waals surface area contributed by atoms with Gasteiger partial charge >= 0.3 is 0 Å². The summed E-state index contributed by atoms with van der Waals surface area (Å²) in [6.07, 6.45) is 3.15. The zero-order valence-corrected chi connectivity index (χ0v) is 9.78. The fourth-order valence-corrected chi connectivity index (χ4v) is 1.24. The molecule has 0 fully saturated rings. The molecule has 0 aliphatic rings. The van der Waals surface area contributed by atoms with Gasteiger partial charge in [-0.3, -0.25) is 10.1 Å².